The van der Waals surface area contributed by atoms with E-state index < -0.39 is 0 Å². The van der Waals surface area contributed by atoms with E-state index in [2.05, 4.69) is 16.5 Å². The summed E-state index contributed by atoms with van der Waals surface area (Å²) in [5, 5.41) is 0. The third kappa shape index (κ3) is 3.65. The zero-order valence-electron chi connectivity index (χ0n) is 15.2. The van der Waals surface area contributed by atoms with Crippen molar-refractivity contribution in [1.29, 1.82) is 0 Å². The van der Waals surface area contributed by atoms with Crippen LogP contribution in [0.25, 0.3) is 10.2 Å². The van der Waals surface area contributed by atoms with Crippen LogP contribution >= 0.6 is 11.3 Å². The number of aryl methyl sites for hydroxylation is 1. The van der Waals surface area contributed by atoms with E-state index >= 15 is 0 Å². The lowest BCUT2D eigenvalue weighted by Gasteiger charge is -2.05. The molecule has 0 radical (unpaired) electrons. The van der Waals surface area contributed by atoms with Crippen molar-refractivity contribution in [1.82, 2.24) is 4.57 Å². The van der Waals surface area contributed by atoms with Crippen molar-refractivity contribution in [3.8, 4) is 11.5 Å². The quantitative estimate of drug-likeness (QED) is 0.651. The van der Waals surface area contributed by atoms with Crippen LogP contribution in [0.3, 0.4) is 0 Å². The molecule has 3 rings (SSSR count). The molecule has 26 heavy (non-hydrogen) atoms. The Bertz CT molecular complexity index is 988. The fraction of sp³-hybridized carbons (Fsp3) is 0.300. The van der Waals surface area contributed by atoms with Crippen LogP contribution in [0.5, 0.6) is 11.5 Å². The summed E-state index contributed by atoms with van der Waals surface area (Å²) < 4.78 is 14.0. The summed E-state index contributed by atoms with van der Waals surface area (Å²) >= 11 is 1.49. The molecule has 3 aromatic rings. The Balaban J connectivity index is 2.11. The van der Waals surface area contributed by atoms with Crippen LogP contribution in [-0.2, 0) is 6.54 Å². The van der Waals surface area contributed by atoms with Gasteiger partial charge in [0.1, 0.15) is 11.5 Å². The Hall–Kier alpha value is -2.60. The number of amides is 1. The maximum absolute atomic E-state index is 12.7. The molecular formula is C20H22N2O3S. The number of hydrogen-bond acceptors (Lipinski definition) is 4. The number of thiazole rings is 1. The normalized spacial score (nSPS) is 11.7. The summed E-state index contributed by atoms with van der Waals surface area (Å²) in [5.74, 6) is 1.06. The van der Waals surface area contributed by atoms with Gasteiger partial charge < -0.3 is 14.0 Å². The van der Waals surface area contributed by atoms with Gasteiger partial charge in [-0.25, -0.2) is 0 Å². The molecule has 1 heterocycles. The molecular weight excluding hydrogens is 348 g/mol. The summed E-state index contributed by atoms with van der Waals surface area (Å²) in [5.41, 5.74) is 1.53. The molecule has 0 saturated carbocycles. The molecule has 0 atom stereocenters. The number of carbonyl (C=O) groups excluding carboxylic acids is 1. The van der Waals surface area contributed by atoms with Crippen LogP contribution < -0.4 is 14.3 Å². The number of ether oxygens (including phenoxy) is 2. The fourth-order valence-corrected chi connectivity index (χ4v) is 3.89. The summed E-state index contributed by atoms with van der Waals surface area (Å²) in [6.07, 6.45) is 0.953. The van der Waals surface area contributed by atoms with Crippen LogP contribution in [0.4, 0.5) is 0 Å². The summed E-state index contributed by atoms with van der Waals surface area (Å²) in [7, 11) is 1.55. The van der Waals surface area contributed by atoms with E-state index in [0.717, 1.165) is 28.9 Å². The van der Waals surface area contributed by atoms with Crippen LogP contribution in [0.15, 0.2) is 47.5 Å². The number of methoxy groups -OCH3 is 1. The van der Waals surface area contributed by atoms with Crippen molar-refractivity contribution in [2.24, 2.45) is 4.99 Å². The van der Waals surface area contributed by atoms with Gasteiger partial charge in [-0.1, -0.05) is 30.4 Å². The van der Waals surface area contributed by atoms with E-state index in [0.29, 0.717) is 22.7 Å². The number of nitrogens with zero attached hydrogens (tertiary/aromatic N) is 2. The molecule has 6 heteroatoms. The van der Waals surface area contributed by atoms with Gasteiger partial charge >= 0.3 is 0 Å². The Morgan fingerprint density at radius 1 is 1.19 bits per heavy atom. The molecule has 0 aliphatic carbocycles. The van der Waals surface area contributed by atoms with Crippen molar-refractivity contribution in [2.45, 2.75) is 26.8 Å². The van der Waals surface area contributed by atoms with Crippen LogP contribution in [0.1, 0.15) is 30.6 Å². The monoisotopic (exact) mass is 370 g/mol. The van der Waals surface area contributed by atoms with Crippen LogP contribution in [0.2, 0.25) is 0 Å². The fourth-order valence-electron chi connectivity index (χ4n) is 2.80. The number of benzene rings is 2. The van der Waals surface area contributed by atoms with Gasteiger partial charge in [0, 0.05) is 6.54 Å². The minimum Gasteiger partial charge on any atom is -0.496 e. The predicted octanol–water partition coefficient (Wildman–Crippen LogP) is 4.26. The largest absolute Gasteiger partial charge is 0.496 e. The van der Waals surface area contributed by atoms with Gasteiger partial charge in [0.2, 0.25) is 0 Å². The second kappa shape index (κ2) is 8.19. The highest BCUT2D eigenvalue weighted by Gasteiger charge is 2.13. The highest BCUT2D eigenvalue weighted by Crippen LogP contribution is 2.24. The van der Waals surface area contributed by atoms with Crippen molar-refractivity contribution in [3.05, 3.63) is 52.8 Å². The lowest BCUT2D eigenvalue weighted by atomic mass is 10.2. The number of para-hydroxylation sites is 1. The number of carbonyl (C=O) groups is 1. The molecule has 5 nitrogen and oxygen atoms in total. The minimum atomic E-state index is -0.302. The summed E-state index contributed by atoms with van der Waals surface area (Å²) in [6, 6.07) is 13.1. The first-order chi connectivity index (χ1) is 12.7. The van der Waals surface area contributed by atoms with Crippen LogP contribution in [0, 0.1) is 0 Å². The van der Waals surface area contributed by atoms with Gasteiger partial charge in [-0.2, -0.15) is 4.99 Å². The molecule has 0 spiro atoms. The minimum absolute atomic E-state index is 0.302. The second-order valence-corrected chi connectivity index (χ2v) is 6.73. The lowest BCUT2D eigenvalue weighted by molar-refractivity contribution is 0.0995. The SMILES string of the molecule is CCCn1c(=NC(=O)c2ccccc2OC)sc2cc(OCC)ccc21. The Labute approximate surface area is 156 Å². The van der Waals surface area contributed by atoms with Crippen molar-refractivity contribution in [2.75, 3.05) is 13.7 Å². The molecule has 0 aliphatic rings. The Morgan fingerprint density at radius 2 is 2.00 bits per heavy atom. The topological polar surface area (TPSA) is 52.8 Å². The molecule has 0 aliphatic heterocycles. The first-order valence-corrected chi connectivity index (χ1v) is 9.47. The van der Waals surface area contributed by atoms with Gasteiger partial charge in [0.05, 0.1) is 29.5 Å². The van der Waals surface area contributed by atoms with E-state index in [1.165, 1.54) is 11.3 Å². The van der Waals surface area contributed by atoms with E-state index in [1.807, 2.05) is 37.3 Å². The summed E-state index contributed by atoms with van der Waals surface area (Å²) in [6.45, 7) is 5.49. The third-order valence-electron chi connectivity index (χ3n) is 3.95. The van der Waals surface area contributed by atoms with Gasteiger partial charge in [-0.05, 0) is 43.7 Å². The zero-order chi connectivity index (χ0) is 18.5. The molecule has 1 amide bonds. The standard InChI is InChI=1S/C20H22N2O3S/c1-4-12-22-16-11-10-14(25-5-2)13-18(16)26-20(22)21-19(23)15-8-6-7-9-17(15)24-3/h6-11,13H,4-5,12H2,1-3H3. The van der Waals surface area contributed by atoms with Crippen LogP contribution in [-0.4, -0.2) is 24.2 Å². The molecule has 0 unspecified atom stereocenters. The maximum Gasteiger partial charge on any atom is 0.283 e. The van der Waals surface area contributed by atoms with Gasteiger partial charge in [-0.15, -0.1) is 0 Å². The van der Waals surface area contributed by atoms with Crippen molar-refractivity contribution < 1.29 is 14.3 Å². The number of fused-ring (bicyclic) bond motifs is 1. The molecule has 136 valence electrons. The number of hydrogen-bond donors (Lipinski definition) is 0. The molecule has 0 N–H and O–H groups in total. The average Bonchev–Trinajstić information content (AvgIpc) is 2.98. The summed E-state index contributed by atoms with van der Waals surface area (Å²) in [4.78, 5) is 17.8. The van der Waals surface area contributed by atoms with Gasteiger partial charge in [-0.3, -0.25) is 4.79 Å². The Morgan fingerprint density at radius 3 is 2.73 bits per heavy atom. The van der Waals surface area contributed by atoms with E-state index in [9.17, 15) is 4.79 Å². The molecule has 0 saturated heterocycles. The molecule has 1 aromatic heterocycles. The number of rotatable bonds is 6. The van der Waals surface area contributed by atoms with E-state index in [1.54, 1.807) is 19.2 Å². The predicted molar refractivity (Wildman–Crippen MR) is 104 cm³/mol. The first kappa shape index (κ1) is 18.2. The highest BCUT2D eigenvalue weighted by atomic mass is 32.1. The molecule has 0 fully saturated rings. The van der Waals surface area contributed by atoms with Crippen molar-refractivity contribution in [3.63, 3.8) is 0 Å². The van der Waals surface area contributed by atoms with Crippen molar-refractivity contribution >= 4 is 27.5 Å². The smallest absolute Gasteiger partial charge is 0.283 e. The van der Waals surface area contributed by atoms with E-state index in [-0.39, 0.29) is 5.91 Å². The van der Waals surface area contributed by atoms with E-state index in [4.69, 9.17) is 9.47 Å². The Kier molecular flexibility index (Phi) is 5.73. The third-order valence-corrected chi connectivity index (χ3v) is 4.99. The van der Waals surface area contributed by atoms with Gasteiger partial charge in [0.15, 0.2) is 4.80 Å². The molecule has 2 aromatic carbocycles. The number of aromatic nitrogens is 1. The molecule has 0 bridgehead atoms. The second-order valence-electron chi connectivity index (χ2n) is 5.72. The maximum atomic E-state index is 12.7. The zero-order valence-corrected chi connectivity index (χ0v) is 16.0. The lowest BCUT2D eigenvalue weighted by Crippen LogP contribution is -2.17. The van der Waals surface area contributed by atoms with Gasteiger partial charge in [0.25, 0.3) is 5.91 Å². The average molecular weight is 370 g/mol. The first-order valence-electron chi connectivity index (χ1n) is 8.66. The highest BCUT2D eigenvalue weighted by molar-refractivity contribution is 7.16.